The van der Waals surface area contributed by atoms with Crippen molar-refractivity contribution in [2.75, 3.05) is 12.0 Å². The summed E-state index contributed by atoms with van der Waals surface area (Å²) in [6, 6.07) is 7.29. The Morgan fingerprint density at radius 2 is 2.00 bits per heavy atom. The van der Waals surface area contributed by atoms with Crippen LogP contribution >= 0.6 is 11.6 Å². The first-order valence-corrected chi connectivity index (χ1v) is 6.99. The molecule has 1 N–H and O–H groups in total. The van der Waals surface area contributed by atoms with Crippen LogP contribution in [0.3, 0.4) is 0 Å². The number of rotatable bonds is 5. The predicted molar refractivity (Wildman–Crippen MR) is 66.8 cm³/mol. The van der Waals surface area contributed by atoms with E-state index in [4.69, 9.17) is 11.6 Å². The third-order valence-corrected chi connectivity index (χ3v) is 3.05. The van der Waals surface area contributed by atoms with Crippen LogP contribution in [0, 0.1) is 0 Å². The lowest BCUT2D eigenvalue weighted by atomic mass is 10.2. The number of carbonyl (C=O) groups is 1. The molecule has 1 amide bonds. The average Bonchev–Trinajstić information content (AvgIpc) is 2.25. The number of hydrogen-bond acceptors (Lipinski definition) is 2. The van der Waals surface area contributed by atoms with Crippen molar-refractivity contribution in [2.24, 2.45) is 0 Å². The van der Waals surface area contributed by atoms with E-state index in [1.54, 1.807) is 18.4 Å². The summed E-state index contributed by atoms with van der Waals surface area (Å²) < 4.78 is 10.8. The SMILES string of the molecule is CS(=O)CCC(=O)NCc1ccc(Cl)cc1. The normalized spacial score (nSPS) is 12.1. The lowest BCUT2D eigenvalue weighted by molar-refractivity contribution is -0.120. The first kappa shape index (κ1) is 13.2. The summed E-state index contributed by atoms with van der Waals surface area (Å²) in [6.07, 6.45) is 1.89. The number of hydrogen-bond donors (Lipinski definition) is 1. The van der Waals surface area contributed by atoms with Gasteiger partial charge < -0.3 is 5.32 Å². The molecule has 1 aromatic carbocycles. The van der Waals surface area contributed by atoms with Crippen molar-refractivity contribution in [3.8, 4) is 0 Å². The molecule has 88 valence electrons. The molecule has 0 heterocycles. The van der Waals surface area contributed by atoms with Crippen LogP contribution in [0.15, 0.2) is 24.3 Å². The van der Waals surface area contributed by atoms with E-state index in [0.29, 0.717) is 23.7 Å². The van der Waals surface area contributed by atoms with E-state index >= 15 is 0 Å². The Morgan fingerprint density at radius 3 is 2.56 bits per heavy atom. The summed E-state index contributed by atoms with van der Waals surface area (Å²) in [6.45, 7) is 0.479. The molecule has 0 radical (unpaired) electrons. The van der Waals surface area contributed by atoms with Crippen molar-refractivity contribution in [3.63, 3.8) is 0 Å². The van der Waals surface area contributed by atoms with Crippen molar-refractivity contribution in [1.29, 1.82) is 0 Å². The van der Waals surface area contributed by atoms with Gasteiger partial charge in [-0.1, -0.05) is 23.7 Å². The lowest BCUT2D eigenvalue weighted by Crippen LogP contribution is -2.24. The van der Waals surface area contributed by atoms with Gasteiger partial charge in [0.1, 0.15) is 0 Å². The zero-order chi connectivity index (χ0) is 12.0. The van der Waals surface area contributed by atoms with E-state index in [-0.39, 0.29) is 5.91 Å². The Balaban J connectivity index is 2.31. The fourth-order valence-electron chi connectivity index (χ4n) is 1.13. The maximum absolute atomic E-state index is 11.3. The lowest BCUT2D eigenvalue weighted by Gasteiger charge is -2.04. The standard InChI is InChI=1S/C11H14ClNO2S/c1-16(15)7-6-11(14)13-8-9-2-4-10(12)5-3-9/h2-5H,6-8H2,1H3,(H,13,14). The second-order valence-corrected chi connectivity index (χ2v) is 5.42. The first-order valence-electron chi connectivity index (χ1n) is 4.89. The second kappa shape index (κ2) is 6.66. The number of halogens is 1. The molecule has 0 aliphatic carbocycles. The smallest absolute Gasteiger partial charge is 0.221 e. The summed E-state index contributed by atoms with van der Waals surface area (Å²) in [5.41, 5.74) is 0.996. The zero-order valence-electron chi connectivity index (χ0n) is 9.03. The van der Waals surface area contributed by atoms with Crippen LogP contribution in [-0.4, -0.2) is 22.1 Å². The number of nitrogens with one attached hydrogen (secondary N) is 1. The quantitative estimate of drug-likeness (QED) is 0.875. The molecule has 1 atom stereocenters. The average molecular weight is 260 g/mol. The molecule has 0 aliphatic rings. The molecule has 1 rings (SSSR count). The van der Waals surface area contributed by atoms with Crippen molar-refractivity contribution in [1.82, 2.24) is 5.32 Å². The molecule has 5 heteroatoms. The molecule has 0 aliphatic heterocycles. The zero-order valence-corrected chi connectivity index (χ0v) is 10.6. The minimum Gasteiger partial charge on any atom is -0.352 e. The molecular formula is C11H14ClNO2S. The minimum atomic E-state index is -0.916. The fourth-order valence-corrected chi connectivity index (χ4v) is 1.73. The summed E-state index contributed by atoms with van der Waals surface area (Å²) in [5, 5.41) is 3.43. The molecule has 0 fully saturated rings. The Kier molecular flexibility index (Phi) is 5.49. The molecule has 0 spiro atoms. The molecule has 16 heavy (non-hydrogen) atoms. The van der Waals surface area contributed by atoms with E-state index < -0.39 is 10.8 Å². The van der Waals surface area contributed by atoms with Gasteiger partial charge in [0.15, 0.2) is 0 Å². The van der Waals surface area contributed by atoms with E-state index in [2.05, 4.69) is 5.32 Å². The number of carbonyl (C=O) groups excluding carboxylic acids is 1. The van der Waals surface area contributed by atoms with E-state index in [1.165, 1.54) is 0 Å². The number of benzene rings is 1. The highest BCUT2D eigenvalue weighted by molar-refractivity contribution is 7.84. The predicted octanol–water partition coefficient (Wildman–Crippen LogP) is 1.72. The summed E-state index contributed by atoms with van der Waals surface area (Å²) in [7, 11) is -0.916. The molecule has 0 saturated carbocycles. The van der Waals surface area contributed by atoms with Crippen LogP contribution in [0.5, 0.6) is 0 Å². The van der Waals surface area contributed by atoms with E-state index in [0.717, 1.165) is 5.56 Å². The highest BCUT2D eigenvalue weighted by Crippen LogP contribution is 2.09. The van der Waals surface area contributed by atoms with Crippen LogP contribution in [0.1, 0.15) is 12.0 Å². The highest BCUT2D eigenvalue weighted by atomic mass is 35.5. The van der Waals surface area contributed by atoms with Gasteiger partial charge in [0.05, 0.1) is 0 Å². The summed E-state index contributed by atoms with van der Waals surface area (Å²) >= 11 is 5.74. The monoisotopic (exact) mass is 259 g/mol. The third-order valence-electron chi connectivity index (χ3n) is 2.02. The highest BCUT2D eigenvalue weighted by Gasteiger charge is 2.02. The fraction of sp³-hybridized carbons (Fsp3) is 0.364. The van der Waals surface area contributed by atoms with Crippen LogP contribution < -0.4 is 5.32 Å². The Bertz CT molecular complexity index is 378. The third kappa shape index (κ3) is 5.28. The number of amides is 1. The maximum Gasteiger partial charge on any atom is 0.221 e. The minimum absolute atomic E-state index is 0.0786. The van der Waals surface area contributed by atoms with Gasteiger partial charge in [0, 0.05) is 40.8 Å². The molecule has 0 aromatic heterocycles. The van der Waals surface area contributed by atoms with Crippen LogP contribution in [0.4, 0.5) is 0 Å². The Hall–Kier alpha value is -0.870. The van der Waals surface area contributed by atoms with Gasteiger partial charge in [-0.05, 0) is 17.7 Å². The van der Waals surface area contributed by atoms with Gasteiger partial charge in [-0.15, -0.1) is 0 Å². The van der Waals surface area contributed by atoms with Crippen molar-refractivity contribution in [3.05, 3.63) is 34.9 Å². The van der Waals surface area contributed by atoms with Gasteiger partial charge >= 0.3 is 0 Å². The van der Waals surface area contributed by atoms with Gasteiger partial charge in [-0.3, -0.25) is 9.00 Å². The Morgan fingerprint density at radius 1 is 1.38 bits per heavy atom. The molecule has 0 saturated heterocycles. The van der Waals surface area contributed by atoms with Gasteiger partial charge in [-0.25, -0.2) is 0 Å². The van der Waals surface area contributed by atoms with Crippen LogP contribution in [-0.2, 0) is 22.1 Å². The molecule has 1 unspecified atom stereocenters. The van der Waals surface area contributed by atoms with Gasteiger partial charge in [-0.2, -0.15) is 0 Å². The van der Waals surface area contributed by atoms with E-state index in [9.17, 15) is 9.00 Å². The van der Waals surface area contributed by atoms with Crippen molar-refractivity contribution < 1.29 is 9.00 Å². The molecule has 1 aromatic rings. The molecular weight excluding hydrogens is 246 g/mol. The van der Waals surface area contributed by atoms with Crippen molar-refractivity contribution >= 4 is 28.3 Å². The first-order chi connectivity index (χ1) is 7.58. The Labute approximate surface area is 103 Å². The molecule has 3 nitrogen and oxygen atoms in total. The molecule has 0 bridgehead atoms. The maximum atomic E-state index is 11.3. The second-order valence-electron chi connectivity index (χ2n) is 3.43. The summed E-state index contributed by atoms with van der Waals surface area (Å²) in [5.74, 6) is 0.331. The van der Waals surface area contributed by atoms with Crippen LogP contribution in [0.25, 0.3) is 0 Å². The van der Waals surface area contributed by atoms with Crippen LogP contribution in [0.2, 0.25) is 5.02 Å². The van der Waals surface area contributed by atoms with E-state index in [1.807, 2.05) is 12.1 Å². The van der Waals surface area contributed by atoms with Crippen molar-refractivity contribution in [2.45, 2.75) is 13.0 Å². The van der Waals surface area contributed by atoms with Gasteiger partial charge in [0.25, 0.3) is 0 Å². The van der Waals surface area contributed by atoms with Gasteiger partial charge in [0.2, 0.25) is 5.91 Å². The topological polar surface area (TPSA) is 46.2 Å². The largest absolute Gasteiger partial charge is 0.352 e. The summed E-state index contributed by atoms with van der Waals surface area (Å²) in [4.78, 5) is 11.3.